The average Bonchev–Trinajstić information content (AvgIpc) is 3.47. The summed E-state index contributed by atoms with van der Waals surface area (Å²) in [5.74, 6) is 1.88. The molecule has 0 radical (unpaired) electrons. The van der Waals surface area contributed by atoms with Crippen molar-refractivity contribution in [2.45, 2.75) is 20.3 Å². The molecule has 0 saturated carbocycles. The molecule has 0 fully saturated rings. The van der Waals surface area contributed by atoms with E-state index in [0.717, 1.165) is 34.0 Å². The molecule has 4 heteroatoms. The lowest BCUT2D eigenvalue weighted by atomic mass is 9.93. The van der Waals surface area contributed by atoms with Crippen LogP contribution in [0.15, 0.2) is 146 Å². The van der Waals surface area contributed by atoms with Gasteiger partial charge in [-0.2, -0.15) is 9.97 Å². The lowest BCUT2D eigenvalue weighted by Gasteiger charge is -2.14. The SMILES string of the molecule is CCc1ccccc1-c1ccc(-c2nc(-c3ccccc3)nc(-n3c4ccccc4c4c(-c5ccccc5)cccc43)n2)cc1C. The molecule has 0 atom stereocenters. The maximum Gasteiger partial charge on any atom is 0.238 e. The van der Waals surface area contributed by atoms with E-state index in [9.17, 15) is 0 Å². The molecule has 2 aromatic heterocycles. The van der Waals surface area contributed by atoms with Gasteiger partial charge >= 0.3 is 0 Å². The molecule has 220 valence electrons. The Morgan fingerprint density at radius 3 is 1.89 bits per heavy atom. The maximum atomic E-state index is 5.19. The van der Waals surface area contributed by atoms with Gasteiger partial charge in [-0.3, -0.25) is 4.57 Å². The highest BCUT2D eigenvalue weighted by Crippen LogP contribution is 2.38. The van der Waals surface area contributed by atoms with Gasteiger partial charge in [-0.25, -0.2) is 4.98 Å². The van der Waals surface area contributed by atoms with E-state index in [0.29, 0.717) is 17.6 Å². The number of fused-ring (bicyclic) bond motifs is 3. The summed E-state index contributed by atoms with van der Waals surface area (Å²) in [6.45, 7) is 4.38. The normalized spacial score (nSPS) is 11.3. The van der Waals surface area contributed by atoms with Crippen molar-refractivity contribution < 1.29 is 0 Å². The highest BCUT2D eigenvalue weighted by atomic mass is 15.2. The van der Waals surface area contributed by atoms with Crippen LogP contribution in [0.1, 0.15) is 18.1 Å². The fourth-order valence-corrected chi connectivity index (χ4v) is 6.60. The Kier molecular flexibility index (Phi) is 6.96. The zero-order valence-electron chi connectivity index (χ0n) is 25.9. The number of benzene rings is 6. The van der Waals surface area contributed by atoms with Crippen LogP contribution in [-0.2, 0) is 6.42 Å². The Hall–Kier alpha value is -5.87. The quantitative estimate of drug-likeness (QED) is 0.193. The summed E-state index contributed by atoms with van der Waals surface area (Å²) in [6.07, 6.45) is 0.986. The Balaban J connectivity index is 1.37. The van der Waals surface area contributed by atoms with E-state index in [4.69, 9.17) is 15.0 Å². The predicted octanol–water partition coefficient (Wildman–Crippen LogP) is 10.5. The first kappa shape index (κ1) is 27.7. The number of para-hydroxylation sites is 1. The number of hydrogen-bond donors (Lipinski definition) is 0. The van der Waals surface area contributed by atoms with Crippen molar-refractivity contribution in [3.8, 4) is 51.0 Å². The monoisotopic (exact) mass is 592 g/mol. The molecule has 0 aliphatic rings. The fraction of sp³-hybridized carbons (Fsp3) is 0.0714. The number of aromatic nitrogens is 4. The molecule has 4 nitrogen and oxygen atoms in total. The number of hydrogen-bond acceptors (Lipinski definition) is 3. The first-order valence-electron chi connectivity index (χ1n) is 15.8. The second-order valence-corrected chi connectivity index (χ2v) is 11.6. The first-order valence-corrected chi connectivity index (χ1v) is 15.8. The van der Waals surface area contributed by atoms with Crippen LogP contribution in [0.5, 0.6) is 0 Å². The van der Waals surface area contributed by atoms with Gasteiger partial charge in [0.15, 0.2) is 11.6 Å². The van der Waals surface area contributed by atoms with Crippen LogP contribution in [-0.4, -0.2) is 19.5 Å². The van der Waals surface area contributed by atoms with Gasteiger partial charge in [0.2, 0.25) is 5.95 Å². The van der Waals surface area contributed by atoms with E-state index < -0.39 is 0 Å². The van der Waals surface area contributed by atoms with Crippen LogP contribution in [0.2, 0.25) is 0 Å². The Bertz CT molecular complexity index is 2350. The minimum Gasteiger partial charge on any atom is -0.278 e. The lowest BCUT2D eigenvalue weighted by Crippen LogP contribution is -2.06. The van der Waals surface area contributed by atoms with Crippen LogP contribution in [0.3, 0.4) is 0 Å². The third-order valence-electron chi connectivity index (χ3n) is 8.81. The van der Waals surface area contributed by atoms with E-state index in [2.05, 4.69) is 146 Å². The maximum absolute atomic E-state index is 5.19. The van der Waals surface area contributed by atoms with Crippen molar-refractivity contribution in [2.75, 3.05) is 0 Å². The Labute approximate surface area is 268 Å². The average molecular weight is 593 g/mol. The molecule has 46 heavy (non-hydrogen) atoms. The molecule has 8 rings (SSSR count). The summed E-state index contributed by atoms with van der Waals surface area (Å²) in [5, 5.41) is 2.34. The van der Waals surface area contributed by atoms with Gasteiger partial charge in [0.05, 0.1) is 11.0 Å². The van der Waals surface area contributed by atoms with Crippen molar-refractivity contribution in [1.29, 1.82) is 0 Å². The van der Waals surface area contributed by atoms with Crippen LogP contribution in [0.4, 0.5) is 0 Å². The highest BCUT2D eigenvalue weighted by Gasteiger charge is 2.20. The molecule has 0 amide bonds. The van der Waals surface area contributed by atoms with E-state index in [-0.39, 0.29) is 0 Å². The second kappa shape index (κ2) is 11.6. The van der Waals surface area contributed by atoms with Gasteiger partial charge in [-0.05, 0) is 64.9 Å². The molecule has 0 aliphatic carbocycles. The summed E-state index contributed by atoms with van der Waals surface area (Å²) < 4.78 is 2.19. The topological polar surface area (TPSA) is 43.6 Å². The number of aryl methyl sites for hydroxylation is 2. The van der Waals surface area contributed by atoms with Gasteiger partial charge in [-0.1, -0.05) is 134 Å². The van der Waals surface area contributed by atoms with Crippen molar-refractivity contribution >= 4 is 21.8 Å². The van der Waals surface area contributed by atoms with E-state index in [1.165, 1.54) is 38.8 Å². The molecular weight excluding hydrogens is 560 g/mol. The van der Waals surface area contributed by atoms with Crippen molar-refractivity contribution in [3.05, 3.63) is 157 Å². The van der Waals surface area contributed by atoms with Gasteiger partial charge in [-0.15, -0.1) is 0 Å². The summed E-state index contributed by atoms with van der Waals surface area (Å²) in [7, 11) is 0. The molecule has 0 saturated heterocycles. The molecule has 0 bridgehead atoms. The molecule has 6 aromatic carbocycles. The van der Waals surface area contributed by atoms with Gasteiger partial charge in [0.25, 0.3) is 0 Å². The summed E-state index contributed by atoms with van der Waals surface area (Å²) >= 11 is 0. The van der Waals surface area contributed by atoms with Crippen LogP contribution < -0.4 is 0 Å². The fourth-order valence-electron chi connectivity index (χ4n) is 6.60. The molecule has 0 unspecified atom stereocenters. The third kappa shape index (κ3) is 4.76. The largest absolute Gasteiger partial charge is 0.278 e. The molecule has 8 aromatic rings. The number of nitrogens with zero attached hydrogens (tertiary/aromatic N) is 4. The summed E-state index contributed by atoms with van der Waals surface area (Å²) in [6, 6.07) is 50.9. The van der Waals surface area contributed by atoms with Gasteiger partial charge in [0, 0.05) is 21.9 Å². The summed E-state index contributed by atoms with van der Waals surface area (Å²) in [4.78, 5) is 15.4. The Morgan fingerprint density at radius 1 is 0.500 bits per heavy atom. The standard InChI is InChI=1S/C42H32N4/c1-3-29-15-10-11-20-34(29)33-26-25-32(27-28(33)2)41-43-40(31-18-8-5-9-19-31)44-42(45-41)46-37-23-13-12-21-36(37)39-35(22-14-24-38(39)46)30-16-6-4-7-17-30/h4-27H,3H2,1-2H3. The minimum absolute atomic E-state index is 0.596. The zero-order chi connectivity index (χ0) is 31.0. The van der Waals surface area contributed by atoms with Gasteiger partial charge in [0.1, 0.15) is 0 Å². The molecular formula is C42H32N4. The van der Waals surface area contributed by atoms with Crippen LogP contribution in [0, 0.1) is 6.92 Å². The van der Waals surface area contributed by atoms with Crippen molar-refractivity contribution in [3.63, 3.8) is 0 Å². The third-order valence-corrected chi connectivity index (χ3v) is 8.81. The minimum atomic E-state index is 0.596. The molecule has 0 aliphatic heterocycles. The van der Waals surface area contributed by atoms with E-state index in [1.807, 2.05) is 18.2 Å². The van der Waals surface area contributed by atoms with Gasteiger partial charge < -0.3 is 0 Å². The molecule has 2 heterocycles. The molecule has 0 N–H and O–H groups in total. The highest BCUT2D eigenvalue weighted by molar-refractivity contribution is 6.15. The van der Waals surface area contributed by atoms with E-state index >= 15 is 0 Å². The van der Waals surface area contributed by atoms with E-state index in [1.54, 1.807) is 0 Å². The Morgan fingerprint density at radius 2 is 1.13 bits per heavy atom. The first-order chi connectivity index (χ1) is 22.7. The zero-order valence-corrected chi connectivity index (χ0v) is 25.9. The van der Waals surface area contributed by atoms with Crippen LogP contribution in [0.25, 0.3) is 72.8 Å². The van der Waals surface area contributed by atoms with Crippen molar-refractivity contribution in [1.82, 2.24) is 19.5 Å². The number of rotatable bonds is 6. The second-order valence-electron chi connectivity index (χ2n) is 11.6. The lowest BCUT2D eigenvalue weighted by molar-refractivity contribution is 0.953. The predicted molar refractivity (Wildman–Crippen MR) is 190 cm³/mol. The smallest absolute Gasteiger partial charge is 0.238 e. The molecule has 0 spiro atoms. The summed E-state index contributed by atoms with van der Waals surface area (Å²) in [5.41, 5.74) is 11.4. The van der Waals surface area contributed by atoms with Crippen LogP contribution >= 0.6 is 0 Å². The van der Waals surface area contributed by atoms with Crippen molar-refractivity contribution in [2.24, 2.45) is 0 Å².